The lowest BCUT2D eigenvalue weighted by atomic mass is 10.5. The molecule has 2 aromatic rings. The van der Waals surface area contributed by atoms with Crippen molar-refractivity contribution >= 4 is 21.7 Å². The van der Waals surface area contributed by atoms with Gasteiger partial charge in [0.15, 0.2) is 0 Å². The van der Waals surface area contributed by atoms with Gasteiger partial charge < -0.3 is 0 Å². The van der Waals surface area contributed by atoms with Crippen LogP contribution in [0.3, 0.4) is 0 Å². The van der Waals surface area contributed by atoms with Gasteiger partial charge in [-0.15, -0.1) is 10.2 Å². The summed E-state index contributed by atoms with van der Waals surface area (Å²) in [4.78, 5) is 0. The van der Waals surface area contributed by atoms with E-state index in [-0.39, 0.29) is 0 Å². The molecule has 2 heterocycles. The van der Waals surface area contributed by atoms with Gasteiger partial charge in [-0.1, -0.05) is 0 Å². The van der Waals surface area contributed by atoms with Gasteiger partial charge in [0.2, 0.25) is 0 Å². The fraction of sp³-hybridized carbons (Fsp3) is 0. The van der Waals surface area contributed by atoms with Gasteiger partial charge >= 0.3 is 0 Å². The smallest absolute Gasteiger partial charge is 0.127 e. The monoisotopic (exact) mass is 138 g/mol. The minimum Gasteiger partial charge on any atom is -0.198 e. The Bertz CT molecular complexity index is 287. The van der Waals surface area contributed by atoms with Crippen LogP contribution >= 0.6 is 11.5 Å². The molecule has 0 radical (unpaired) electrons. The van der Waals surface area contributed by atoms with Crippen molar-refractivity contribution in [2.75, 3.05) is 0 Å². The van der Waals surface area contributed by atoms with Crippen LogP contribution < -0.4 is 0 Å². The summed E-state index contributed by atoms with van der Waals surface area (Å²) in [7, 11) is 0. The molecule has 0 saturated carbocycles. The first kappa shape index (κ1) is 4.75. The zero-order valence-electron chi connectivity index (χ0n) is 4.35. The first-order chi connectivity index (χ1) is 4.47. The number of hydrogen-bond acceptors (Lipinski definition) is 5. The molecular formula is C4H2N4S. The van der Waals surface area contributed by atoms with Gasteiger partial charge in [-0.3, -0.25) is 0 Å². The van der Waals surface area contributed by atoms with Crippen LogP contribution in [-0.2, 0) is 0 Å². The molecular weight excluding hydrogens is 136 g/mol. The quantitative estimate of drug-likeness (QED) is 0.531. The topological polar surface area (TPSA) is 51.6 Å². The highest BCUT2D eigenvalue weighted by atomic mass is 32.1. The highest BCUT2D eigenvalue weighted by Crippen LogP contribution is 2.10. The maximum atomic E-state index is 3.90. The molecule has 0 atom stereocenters. The Kier molecular flexibility index (Phi) is 0.895. The summed E-state index contributed by atoms with van der Waals surface area (Å²) in [6, 6.07) is 0. The molecule has 0 aliphatic carbocycles. The summed E-state index contributed by atoms with van der Waals surface area (Å²) >= 11 is 1.37. The van der Waals surface area contributed by atoms with E-state index in [0.29, 0.717) is 0 Å². The lowest BCUT2D eigenvalue weighted by molar-refractivity contribution is 0.897. The van der Waals surface area contributed by atoms with E-state index in [1.807, 2.05) is 0 Å². The van der Waals surface area contributed by atoms with Gasteiger partial charge in [0.25, 0.3) is 0 Å². The highest BCUT2D eigenvalue weighted by molar-refractivity contribution is 7.13. The maximum Gasteiger partial charge on any atom is 0.127 e. The van der Waals surface area contributed by atoms with Crippen molar-refractivity contribution in [1.82, 2.24) is 19.8 Å². The first-order valence-electron chi connectivity index (χ1n) is 2.35. The molecule has 9 heavy (non-hydrogen) atoms. The predicted octanol–water partition coefficient (Wildman–Crippen LogP) is 0.481. The van der Waals surface area contributed by atoms with E-state index in [1.165, 1.54) is 11.5 Å². The van der Waals surface area contributed by atoms with Crippen molar-refractivity contribution in [1.29, 1.82) is 0 Å². The maximum absolute atomic E-state index is 3.90. The lowest BCUT2D eigenvalue weighted by Crippen LogP contribution is -1.81. The van der Waals surface area contributed by atoms with E-state index in [2.05, 4.69) is 19.8 Å². The van der Waals surface area contributed by atoms with Crippen LogP contribution in [0.25, 0.3) is 10.2 Å². The summed E-state index contributed by atoms with van der Waals surface area (Å²) in [5.74, 6) is 0. The molecule has 0 fully saturated rings. The summed E-state index contributed by atoms with van der Waals surface area (Å²) in [5.41, 5.74) is 0.815. The SMILES string of the molecule is c1nsc2cnnnc12. The van der Waals surface area contributed by atoms with Crippen LogP contribution in [0, 0.1) is 0 Å². The van der Waals surface area contributed by atoms with Crippen molar-refractivity contribution in [2.24, 2.45) is 0 Å². The van der Waals surface area contributed by atoms with E-state index in [1.54, 1.807) is 12.4 Å². The lowest BCUT2D eigenvalue weighted by Gasteiger charge is -1.77. The van der Waals surface area contributed by atoms with Gasteiger partial charge in [-0.2, -0.15) is 4.37 Å². The van der Waals surface area contributed by atoms with Crippen molar-refractivity contribution in [3.63, 3.8) is 0 Å². The van der Waals surface area contributed by atoms with Crippen molar-refractivity contribution in [2.45, 2.75) is 0 Å². The molecule has 5 heteroatoms. The van der Waals surface area contributed by atoms with Gasteiger partial charge in [-0.25, -0.2) is 0 Å². The third-order valence-electron chi connectivity index (χ3n) is 0.958. The summed E-state index contributed by atoms with van der Waals surface area (Å²) in [5, 5.41) is 10.8. The number of nitrogens with zero attached hydrogens (tertiary/aromatic N) is 4. The Morgan fingerprint density at radius 2 is 2.33 bits per heavy atom. The normalized spacial score (nSPS) is 10.2. The number of fused-ring (bicyclic) bond motifs is 1. The van der Waals surface area contributed by atoms with Crippen LogP contribution in [0.1, 0.15) is 0 Å². The van der Waals surface area contributed by atoms with Gasteiger partial charge in [0.1, 0.15) is 5.52 Å². The molecule has 0 saturated heterocycles. The van der Waals surface area contributed by atoms with Crippen LogP contribution in [0.2, 0.25) is 0 Å². The van der Waals surface area contributed by atoms with Crippen LogP contribution in [0.15, 0.2) is 12.4 Å². The zero-order chi connectivity index (χ0) is 6.10. The van der Waals surface area contributed by atoms with E-state index in [0.717, 1.165) is 10.2 Å². The minimum absolute atomic E-state index is 0.815. The second kappa shape index (κ2) is 1.70. The van der Waals surface area contributed by atoms with Gasteiger partial charge in [-0.05, 0) is 16.7 Å². The molecule has 0 unspecified atom stereocenters. The van der Waals surface area contributed by atoms with Gasteiger partial charge in [0.05, 0.1) is 17.1 Å². The second-order valence-electron chi connectivity index (χ2n) is 1.51. The standard InChI is InChI=1S/C4H2N4S/c1-3-4(9-6-1)2-5-8-7-3/h1-2H. The van der Waals surface area contributed by atoms with Crippen molar-refractivity contribution in [3.8, 4) is 0 Å². The molecule has 0 aromatic carbocycles. The average molecular weight is 138 g/mol. The molecule has 2 rings (SSSR count). The molecule has 4 nitrogen and oxygen atoms in total. The van der Waals surface area contributed by atoms with Crippen molar-refractivity contribution < 1.29 is 0 Å². The fourth-order valence-corrected chi connectivity index (χ4v) is 1.11. The van der Waals surface area contributed by atoms with E-state index < -0.39 is 0 Å². The zero-order valence-corrected chi connectivity index (χ0v) is 5.17. The number of rotatable bonds is 0. The third-order valence-corrected chi connectivity index (χ3v) is 1.68. The molecule has 2 aromatic heterocycles. The van der Waals surface area contributed by atoms with E-state index in [4.69, 9.17) is 0 Å². The molecule has 0 aliphatic heterocycles. The molecule has 0 amide bonds. The summed E-state index contributed by atoms with van der Waals surface area (Å²) < 4.78 is 4.88. The molecule has 0 bridgehead atoms. The number of aromatic nitrogens is 4. The molecule has 0 spiro atoms. The van der Waals surface area contributed by atoms with E-state index >= 15 is 0 Å². The Hall–Kier alpha value is -1.10. The fourth-order valence-electron chi connectivity index (χ4n) is 0.561. The minimum atomic E-state index is 0.815. The Morgan fingerprint density at radius 1 is 1.33 bits per heavy atom. The second-order valence-corrected chi connectivity index (χ2v) is 2.34. The largest absolute Gasteiger partial charge is 0.198 e. The van der Waals surface area contributed by atoms with E-state index in [9.17, 15) is 0 Å². The first-order valence-corrected chi connectivity index (χ1v) is 3.13. The number of hydrogen-bond donors (Lipinski definition) is 0. The summed E-state index contributed by atoms with van der Waals surface area (Å²) in [6.07, 6.45) is 3.33. The Balaban J connectivity index is 2.95. The van der Waals surface area contributed by atoms with Crippen molar-refractivity contribution in [3.05, 3.63) is 12.4 Å². The average Bonchev–Trinajstić information content (AvgIpc) is 2.33. The molecule has 0 N–H and O–H groups in total. The Labute approximate surface area is 54.7 Å². The Morgan fingerprint density at radius 3 is 3.22 bits per heavy atom. The summed E-state index contributed by atoms with van der Waals surface area (Å²) in [6.45, 7) is 0. The highest BCUT2D eigenvalue weighted by Gasteiger charge is 1.93. The molecule has 44 valence electrons. The van der Waals surface area contributed by atoms with Crippen LogP contribution in [0.4, 0.5) is 0 Å². The molecule has 0 aliphatic rings. The predicted molar refractivity (Wildman–Crippen MR) is 33.0 cm³/mol. The third kappa shape index (κ3) is 0.655. The van der Waals surface area contributed by atoms with Crippen LogP contribution in [0.5, 0.6) is 0 Å². The van der Waals surface area contributed by atoms with Crippen LogP contribution in [-0.4, -0.2) is 19.8 Å². The van der Waals surface area contributed by atoms with Gasteiger partial charge in [0, 0.05) is 0 Å².